The molecule has 4 rings (SSSR count). The second kappa shape index (κ2) is 9.87. The first-order valence-electron chi connectivity index (χ1n) is 11.4. The van der Waals surface area contributed by atoms with Crippen LogP contribution in [0.1, 0.15) is 74.6 Å². The maximum atomic E-state index is 4.82. The summed E-state index contributed by atoms with van der Waals surface area (Å²) in [4.78, 5) is 9.48. The number of fused-ring (bicyclic) bond motifs is 2. The van der Waals surface area contributed by atoms with Gasteiger partial charge in [-0.3, -0.25) is 4.98 Å². The van der Waals surface area contributed by atoms with Crippen molar-refractivity contribution in [3.05, 3.63) is 65.5 Å². The number of pyridine rings is 2. The van der Waals surface area contributed by atoms with Crippen LogP contribution in [0.4, 0.5) is 5.82 Å². The lowest BCUT2D eigenvalue weighted by molar-refractivity contribution is 0.535. The van der Waals surface area contributed by atoms with E-state index >= 15 is 0 Å². The number of anilines is 1. The average Bonchev–Trinajstić information content (AvgIpc) is 2.78. The molecule has 152 valence electrons. The predicted octanol–water partition coefficient (Wildman–Crippen LogP) is 6.67. The molecule has 3 heteroatoms. The molecular formula is C26H33N3. The Morgan fingerprint density at radius 1 is 1.03 bits per heavy atom. The van der Waals surface area contributed by atoms with E-state index in [1.807, 2.05) is 0 Å². The number of rotatable bonds is 9. The molecule has 1 aromatic carbocycles. The van der Waals surface area contributed by atoms with Gasteiger partial charge in [0, 0.05) is 23.8 Å². The average molecular weight is 388 g/mol. The van der Waals surface area contributed by atoms with E-state index in [2.05, 4.69) is 65.9 Å². The van der Waals surface area contributed by atoms with Crippen LogP contribution in [0.3, 0.4) is 0 Å². The Labute approximate surface area is 175 Å². The molecule has 0 spiro atoms. The molecule has 0 aliphatic carbocycles. The fourth-order valence-electron chi connectivity index (χ4n) is 4.48. The van der Waals surface area contributed by atoms with Crippen molar-refractivity contribution >= 4 is 16.7 Å². The van der Waals surface area contributed by atoms with Crippen molar-refractivity contribution in [2.45, 2.75) is 70.6 Å². The van der Waals surface area contributed by atoms with E-state index in [0.29, 0.717) is 5.92 Å². The van der Waals surface area contributed by atoms with Gasteiger partial charge in [0.1, 0.15) is 5.82 Å². The molecule has 0 bridgehead atoms. The third-order valence-corrected chi connectivity index (χ3v) is 6.26. The number of benzene rings is 1. The summed E-state index contributed by atoms with van der Waals surface area (Å²) in [5, 5.41) is 4.70. The highest BCUT2D eigenvalue weighted by Crippen LogP contribution is 2.28. The number of nitrogens with one attached hydrogen (secondary N) is 1. The molecule has 0 radical (unpaired) electrons. The normalized spacial score (nSPS) is 14.4. The Hall–Kier alpha value is -2.42. The number of nitrogens with zero attached hydrogens (tertiary/aromatic N) is 2. The lowest BCUT2D eigenvalue weighted by Gasteiger charge is -2.17. The minimum atomic E-state index is 0.625. The molecule has 0 amide bonds. The van der Waals surface area contributed by atoms with Crippen LogP contribution in [-0.2, 0) is 12.8 Å². The minimum absolute atomic E-state index is 0.625. The molecule has 3 aromatic rings. The first-order chi connectivity index (χ1) is 14.3. The number of hydrogen-bond acceptors (Lipinski definition) is 3. The summed E-state index contributed by atoms with van der Waals surface area (Å²) >= 11 is 0. The van der Waals surface area contributed by atoms with Crippen LogP contribution in [-0.4, -0.2) is 16.5 Å². The van der Waals surface area contributed by atoms with Crippen molar-refractivity contribution in [3.63, 3.8) is 0 Å². The highest BCUT2D eigenvalue weighted by Gasteiger charge is 2.11. The van der Waals surface area contributed by atoms with Gasteiger partial charge < -0.3 is 5.32 Å². The Kier molecular flexibility index (Phi) is 6.76. The Morgan fingerprint density at radius 3 is 2.86 bits per heavy atom. The lowest BCUT2D eigenvalue weighted by atomic mass is 9.91. The number of aromatic nitrogens is 2. The van der Waals surface area contributed by atoms with E-state index in [-0.39, 0.29) is 0 Å². The second-order valence-electron chi connectivity index (χ2n) is 8.36. The van der Waals surface area contributed by atoms with E-state index in [1.165, 1.54) is 73.6 Å². The topological polar surface area (TPSA) is 37.8 Å². The Morgan fingerprint density at radius 2 is 1.93 bits per heavy atom. The van der Waals surface area contributed by atoms with Crippen LogP contribution in [0.25, 0.3) is 10.9 Å². The lowest BCUT2D eigenvalue weighted by Crippen LogP contribution is -2.13. The maximum Gasteiger partial charge on any atom is 0.129 e. The molecule has 1 aliphatic rings. The summed E-state index contributed by atoms with van der Waals surface area (Å²) in [6.07, 6.45) is 13.2. The van der Waals surface area contributed by atoms with Gasteiger partial charge in [0.25, 0.3) is 0 Å². The quantitative estimate of drug-likeness (QED) is 0.416. The van der Waals surface area contributed by atoms with Gasteiger partial charge in [-0.05, 0) is 73.8 Å². The van der Waals surface area contributed by atoms with Gasteiger partial charge in [-0.2, -0.15) is 0 Å². The van der Waals surface area contributed by atoms with Gasteiger partial charge in [0.2, 0.25) is 0 Å². The van der Waals surface area contributed by atoms with Gasteiger partial charge in [0.15, 0.2) is 0 Å². The molecular weight excluding hydrogens is 354 g/mol. The Bertz CT molecular complexity index is 934. The van der Waals surface area contributed by atoms with E-state index in [0.717, 1.165) is 24.3 Å². The van der Waals surface area contributed by atoms with Crippen molar-refractivity contribution in [1.29, 1.82) is 0 Å². The maximum absolute atomic E-state index is 4.82. The van der Waals surface area contributed by atoms with Gasteiger partial charge in [0.05, 0.1) is 5.52 Å². The molecule has 1 N–H and O–H groups in total. The minimum Gasteiger partial charge on any atom is -0.370 e. The molecule has 3 heterocycles. The van der Waals surface area contributed by atoms with Crippen molar-refractivity contribution < 1.29 is 0 Å². The molecule has 3 nitrogen and oxygen atoms in total. The zero-order valence-electron chi connectivity index (χ0n) is 17.7. The van der Waals surface area contributed by atoms with Gasteiger partial charge in [-0.15, -0.1) is 0 Å². The van der Waals surface area contributed by atoms with E-state index in [1.54, 1.807) is 0 Å². The highest BCUT2D eigenvalue weighted by molar-refractivity contribution is 5.78. The van der Waals surface area contributed by atoms with Crippen LogP contribution in [0.5, 0.6) is 0 Å². The van der Waals surface area contributed by atoms with Gasteiger partial charge >= 0.3 is 0 Å². The monoisotopic (exact) mass is 387 g/mol. The summed E-state index contributed by atoms with van der Waals surface area (Å²) in [7, 11) is 0. The van der Waals surface area contributed by atoms with Crippen LogP contribution in [0, 0.1) is 0 Å². The SMILES string of the molecule is CCC(CCCCCCc1ccc2c(n1)NCCC2)c1cnc2ccccc2c1. The largest absolute Gasteiger partial charge is 0.370 e. The summed E-state index contributed by atoms with van der Waals surface area (Å²) in [6.45, 7) is 3.37. The first kappa shape index (κ1) is 19.9. The molecule has 1 atom stereocenters. The predicted molar refractivity (Wildman–Crippen MR) is 123 cm³/mol. The zero-order valence-corrected chi connectivity index (χ0v) is 17.7. The smallest absolute Gasteiger partial charge is 0.129 e. The fourth-order valence-corrected chi connectivity index (χ4v) is 4.48. The standard InChI is InChI=1S/C26H33N3/c1-2-20(23-18-22-11-7-8-14-25(22)28-19-23)10-5-3-4-6-13-24-16-15-21-12-9-17-27-26(21)29-24/h7-8,11,14-16,18-20H,2-6,9-10,12-13,17H2,1H3,(H,27,29). The van der Waals surface area contributed by atoms with E-state index < -0.39 is 0 Å². The first-order valence-corrected chi connectivity index (χ1v) is 11.4. The molecule has 1 aliphatic heterocycles. The summed E-state index contributed by atoms with van der Waals surface area (Å²) in [5.74, 6) is 1.75. The second-order valence-corrected chi connectivity index (χ2v) is 8.36. The fraction of sp³-hybridized carbons (Fsp3) is 0.462. The van der Waals surface area contributed by atoms with Crippen LogP contribution in [0.15, 0.2) is 48.7 Å². The van der Waals surface area contributed by atoms with Crippen molar-refractivity contribution in [2.75, 3.05) is 11.9 Å². The van der Waals surface area contributed by atoms with Crippen LogP contribution in [0.2, 0.25) is 0 Å². The van der Waals surface area contributed by atoms with Crippen molar-refractivity contribution in [2.24, 2.45) is 0 Å². The summed E-state index contributed by atoms with van der Waals surface area (Å²) < 4.78 is 0. The molecule has 0 saturated carbocycles. The van der Waals surface area contributed by atoms with Crippen molar-refractivity contribution in [1.82, 2.24) is 9.97 Å². The number of aryl methyl sites for hydroxylation is 2. The van der Waals surface area contributed by atoms with Crippen LogP contribution >= 0.6 is 0 Å². The number of hydrogen-bond donors (Lipinski definition) is 1. The van der Waals surface area contributed by atoms with Crippen LogP contribution < -0.4 is 5.32 Å². The molecule has 0 saturated heterocycles. The van der Waals surface area contributed by atoms with Crippen molar-refractivity contribution in [3.8, 4) is 0 Å². The summed E-state index contributed by atoms with van der Waals surface area (Å²) in [5.41, 5.74) is 5.12. The van der Waals surface area contributed by atoms with E-state index in [4.69, 9.17) is 4.98 Å². The molecule has 1 unspecified atom stereocenters. The highest BCUT2D eigenvalue weighted by atomic mass is 15.0. The van der Waals surface area contributed by atoms with Gasteiger partial charge in [-0.1, -0.05) is 50.5 Å². The number of para-hydroxylation sites is 1. The third kappa shape index (κ3) is 5.14. The Balaban J connectivity index is 1.21. The third-order valence-electron chi connectivity index (χ3n) is 6.26. The van der Waals surface area contributed by atoms with E-state index in [9.17, 15) is 0 Å². The molecule has 29 heavy (non-hydrogen) atoms. The molecule has 0 fully saturated rings. The molecule has 2 aromatic heterocycles. The zero-order chi connectivity index (χ0) is 19.9. The summed E-state index contributed by atoms with van der Waals surface area (Å²) in [6, 6.07) is 15.3. The number of unbranched alkanes of at least 4 members (excludes halogenated alkanes) is 3. The van der Waals surface area contributed by atoms with Gasteiger partial charge in [-0.25, -0.2) is 4.98 Å².